The molecule has 0 spiro atoms. The zero-order valence-corrected chi connectivity index (χ0v) is 24.4. The molecule has 1 atom stereocenters. The Hall–Kier alpha value is -3.35. The van der Waals surface area contributed by atoms with Crippen LogP contribution in [0.2, 0.25) is 0 Å². The number of allylic oxidation sites excluding steroid dienone is 6. The normalized spacial score (nSPS) is 27.5. The fraction of sp³-hybridized carbons (Fsp3) is 0.472. The summed E-state index contributed by atoms with van der Waals surface area (Å²) in [5.74, 6) is 3.26. The summed E-state index contributed by atoms with van der Waals surface area (Å²) in [5.41, 5.74) is 9.95. The van der Waals surface area contributed by atoms with Crippen molar-refractivity contribution in [2.45, 2.75) is 44.4 Å². The van der Waals surface area contributed by atoms with Crippen LogP contribution in [0.4, 0.5) is 5.69 Å². The molecule has 0 aromatic heterocycles. The van der Waals surface area contributed by atoms with Crippen LogP contribution in [-0.4, -0.2) is 45.6 Å². The van der Waals surface area contributed by atoms with Gasteiger partial charge in [-0.15, -0.1) is 0 Å². The number of benzene rings is 2. The predicted octanol–water partition coefficient (Wildman–Crippen LogP) is 6.73. The van der Waals surface area contributed by atoms with E-state index < -0.39 is 0 Å². The van der Waals surface area contributed by atoms with E-state index in [0.29, 0.717) is 39.6 Å². The van der Waals surface area contributed by atoms with Gasteiger partial charge in [-0.1, -0.05) is 54.6 Å². The monoisotopic (exact) mass is 569 g/mol. The van der Waals surface area contributed by atoms with E-state index in [2.05, 4.69) is 54.6 Å². The molecule has 42 heavy (non-hydrogen) atoms. The van der Waals surface area contributed by atoms with Crippen molar-refractivity contribution in [3.63, 3.8) is 0 Å². The molecule has 7 rings (SSSR count). The van der Waals surface area contributed by atoms with Crippen molar-refractivity contribution in [2.24, 2.45) is 23.2 Å². The van der Waals surface area contributed by atoms with Gasteiger partial charge >= 0.3 is 5.97 Å². The number of anilines is 1. The van der Waals surface area contributed by atoms with Gasteiger partial charge in [-0.05, 0) is 97.2 Å². The highest BCUT2D eigenvalue weighted by atomic mass is 16.6. The van der Waals surface area contributed by atoms with E-state index in [1.807, 2.05) is 24.3 Å². The number of nitrogen functional groups attached to an aromatic ring is 1. The lowest BCUT2D eigenvalue weighted by Gasteiger charge is -2.55. The Morgan fingerprint density at radius 3 is 2.05 bits per heavy atom. The van der Waals surface area contributed by atoms with Crippen LogP contribution in [-0.2, 0) is 19.0 Å². The van der Waals surface area contributed by atoms with Gasteiger partial charge in [-0.25, -0.2) is 0 Å². The molecule has 5 aliphatic carbocycles. The fourth-order valence-corrected chi connectivity index (χ4v) is 7.76. The largest absolute Gasteiger partial charge is 0.491 e. The number of nitrogens with two attached hydrogens (primary N) is 1. The lowest BCUT2D eigenvalue weighted by molar-refractivity contribution is -0.173. The molecular formula is C36H43NO5. The quantitative estimate of drug-likeness (QED) is 0.164. The van der Waals surface area contributed by atoms with E-state index in [9.17, 15) is 4.79 Å². The molecule has 6 heteroatoms. The summed E-state index contributed by atoms with van der Waals surface area (Å²) in [6.07, 6.45) is 17.9. The van der Waals surface area contributed by atoms with Crippen LogP contribution < -0.4 is 10.5 Å². The van der Waals surface area contributed by atoms with Crippen LogP contribution in [0.1, 0.15) is 55.6 Å². The van der Waals surface area contributed by atoms with Gasteiger partial charge in [0.1, 0.15) is 19.0 Å². The number of hydrogen-bond acceptors (Lipinski definition) is 6. The topological polar surface area (TPSA) is 80.0 Å². The first kappa shape index (κ1) is 28.8. The minimum absolute atomic E-state index is 0.0217. The summed E-state index contributed by atoms with van der Waals surface area (Å²) in [7, 11) is 0. The van der Waals surface area contributed by atoms with Crippen LogP contribution in [0.5, 0.6) is 5.75 Å². The highest BCUT2D eigenvalue weighted by molar-refractivity contribution is 5.78. The molecule has 0 heterocycles. The molecule has 2 aromatic carbocycles. The molecule has 222 valence electrons. The lowest BCUT2D eigenvalue weighted by atomic mass is 9.49. The number of carbonyl (C=O) groups is 1. The minimum Gasteiger partial charge on any atom is -0.491 e. The van der Waals surface area contributed by atoms with Crippen molar-refractivity contribution in [1.82, 2.24) is 0 Å². The fourth-order valence-electron chi connectivity index (χ4n) is 7.76. The molecule has 1 unspecified atom stereocenters. The first-order valence-electron chi connectivity index (χ1n) is 15.5. The molecule has 2 N–H and O–H groups in total. The van der Waals surface area contributed by atoms with E-state index in [4.69, 9.17) is 24.7 Å². The average molecular weight is 570 g/mol. The van der Waals surface area contributed by atoms with Crippen molar-refractivity contribution >= 4 is 17.2 Å². The maximum Gasteiger partial charge on any atom is 0.312 e. The van der Waals surface area contributed by atoms with Gasteiger partial charge in [0.05, 0.1) is 31.8 Å². The Morgan fingerprint density at radius 1 is 0.762 bits per heavy atom. The van der Waals surface area contributed by atoms with Crippen LogP contribution in [0, 0.1) is 23.2 Å². The first-order valence-corrected chi connectivity index (χ1v) is 15.5. The van der Waals surface area contributed by atoms with Gasteiger partial charge in [0.25, 0.3) is 0 Å². The van der Waals surface area contributed by atoms with E-state index in [0.717, 1.165) is 54.0 Å². The molecule has 2 aromatic rings. The second-order valence-electron chi connectivity index (χ2n) is 12.5. The predicted molar refractivity (Wildman–Crippen MR) is 165 cm³/mol. The Labute approximate surface area is 249 Å². The highest BCUT2D eigenvalue weighted by Gasteiger charge is 2.55. The van der Waals surface area contributed by atoms with E-state index in [1.54, 1.807) is 0 Å². The van der Waals surface area contributed by atoms with E-state index in [1.165, 1.54) is 30.4 Å². The van der Waals surface area contributed by atoms with Gasteiger partial charge in [-0.2, -0.15) is 0 Å². The average Bonchev–Trinajstić information content (AvgIpc) is 3.25. The van der Waals surface area contributed by atoms with Crippen molar-refractivity contribution < 1.29 is 23.7 Å². The summed E-state index contributed by atoms with van der Waals surface area (Å²) in [5, 5.41) is 0. The van der Waals surface area contributed by atoms with Crippen LogP contribution in [0.25, 0.3) is 5.57 Å². The van der Waals surface area contributed by atoms with Crippen LogP contribution >= 0.6 is 0 Å². The summed E-state index contributed by atoms with van der Waals surface area (Å²) in [6, 6.07) is 16.2. The van der Waals surface area contributed by atoms with Crippen molar-refractivity contribution in [1.29, 1.82) is 0 Å². The standard InChI is InChI=1S/C36H43NO5/c37-33-9-5-29(6-10-33)31-3-1-2-4-32(22-31)30-7-11-34(12-8-30)41-17-15-39-13-14-40-16-18-42-35(38)36-23-26-19-27(24-36)21-28(20-26)25-36/h1-12,22,26-28,31H,13-21,23-25,37H2. The van der Waals surface area contributed by atoms with Gasteiger partial charge in [0.15, 0.2) is 0 Å². The number of hydrogen-bond donors (Lipinski definition) is 1. The summed E-state index contributed by atoms with van der Waals surface area (Å²) < 4.78 is 22.8. The molecule has 4 fully saturated rings. The zero-order valence-electron chi connectivity index (χ0n) is 24.4. The summed E-state index contributed by atoms with van der Waals surface area (Å²) in [4.78, 5) is 12.9. The molecular weight excluding hydrogens is 526 g/mol. The van der Waals surface area contributed by atoms with Crippen molar-refractivity contribution in [3.8, 4) is 5.75 Å². The molecule has 4 saturated carbocycles. The molecule has 0 amide bonds. The SMILES string of the molecule is Nc1ccc(C2C=CC=CC(c3ccc(OCCOCCOCCOC(=O)C45CC6CC(CC(C6)C4)C5)cc3)=C2)cc1. The number of rotatable bonds is 13. The summed E-state index contributed by atoms with van der Waals surface area (Å²) >= 11 is 0. The zero-order chi connectivity index (χ0) is 28.8. The van der Waals surface area contributed by atoms with E-state index >= 15 is 0 Å². The third kappa shape index (κ3) is 6.99. The smallest absolute Gasteiger partial charge is 0.312 e. The third-order valence-corrected chi connectivity index (χ3v) is 9.37. The maximum absolute atomic E-state index is 12.9. The molecule has 0 radical (unpaired) electrons. The Bertz CT molecular complexity index is 1260. The third-order valence-electron chi connectivity index (χ3n) is 9.37. The van der Waals surface area contributed by atoms with Crippen molar-refractivity contribution in [2.75, 3.05) is 45.4 Å². The second-order valence-corrected chi connectivity index (χ2v) is 12.5. The number of ether oxygens (including phenoxy) is 4. The van der Waals surface area contributed by atoms with Gasteiger partial charge in [0, 0.05) is 11.6 Å². The van der Waals surface area contributed by atoms with Gasteiger partial charge in [0.2, 0.25) is 0 Å². The van der Waals surface area contributed by atoms with Gasteiger partial charge < -0.3 is 24.7 Å². The molecule has 6 nitrogen and oxygen atoms in total. The molecule has 4 bridgehead atoms. The molecule has 5 aliphatic rings. The summed E-state index contributed by atoms with van der Waals surface area (Å²) in [6.45, 7) is 2.63. The maximum atomic E-state index is 12.9. The first-order chi connectivity index (χ1) is 20.6. The second kappa shape index (κ2) is 13.3. The minimum atomic E-state index is -0.194. The lowest BCUT2D eigenvalue weighted by Crippen LogP contribution is -2.50. The van der Waals surface area contributed by atoms with Crippen LogP contribution in [0.3, 0.4) is 0 Å². The molecule has 0 aliphatic heterocycles. The van der Waals surface area contributed by atoms with Crippen LogP contribution in [0.15, 0.2) is 78.9 Å². The highest BCUT2D eigenvalue weighted by Crippen LogP contribution is 2.60. The Kier molecular flexibility index (Phi) is 9.11. The number of esters is 1. The Morgan fingerprint density at radius 2 is 1.38 bits per heavy atom. The number of carbonyl (C=O) groups excluding carboxylic acids is 1. The van der Waals surface area contributed by atoms with Gasteiger partial charge in [-0.3, -0.25) is 4.79 Å². The molecule has 0 saturated heterocycles. The van der Waals surface area contributed by atoms with E-state index in [-0.39, 0.29) is 17.3 Å². The Balaban J connectivity index is 0.845. The van der Waals surface area contributed by atoms with Crippen molar-refractivity contribution in [3.05, 3.63) is 90.0 Å².